The largest absolute Gasteiger partial charge is 0.497 e. The maximum absolute atomic E-state index is 5.67. The molecule has 1 heterocycles. The van der Waals surface area contributed by atoms with Gasteiger partial charge in [-0.05, 0) is 38.5 Å². The number of ether oxygens (including phenoxy) is 1. The fourth-order valence-corrected chi connectivity index (χ4v) is 1.96. The lowest BCUT2D eigenvalue weighted by Crippen LogP contribution is -2.37. The lowest BCUT2D eigenvalue weighted by atomic mass is 10.1. The maximum Gasteiger partial charge on any atom is 0.220 e. The SMILES string of the molecule is COc1cccc(Cc2nnc(CCNC(C)(C)C)o2)c1. The van der Waals surface area contributed by atoms with Crippen LogP contribution >= 0.6 is 0 Å². The Labute approximate surface area is 125 Å². The highest BCUT2D eigenvalue weighted by Gasteiger charge is 2.11. The molecule has 114 valence electrons. The maximum atomic E-state index is 5.67. The molecule has 2 aromatic rings. The lowest BCUT2D eigenvalue weighted by molar-refractivity contribution is 0.402. The molecule has 0 aliphatic heterocycles. The molecule has 0 aliphatic rings. The first-order valence-corrected chi connectivity index (χ1v) is 7.15. The van der Waals surface area contributed by atoms with E-state index in [1.807, 2.05) is 24.3 Å². The Morgan fingerprint density at radius 1 is 1.19 bits per heavy atom. The zero-order valence-electron chi connectivity index (χ0n) is 13.1. The molecule has 0 saturated carbocycles. The van der Waals surface area contributed by atoms with Gasteiger partial charge in [-0.3, -0.25) is 0 Å². The van der Waals surface area contributed by atoms with E-state index in [0.29, 0.717) is 18.2 Å². The first kappa shape index (κ1) is 15.5. The monoisotopic (exact) mass is 289 g/mol. The fraction of sp³-hybridized carbons (Fsp3) is 0.500. The number of nitrogens with one attached hydrogen (secondary N) is 1. The second kappa shape index (κ2) is 6.72. The summed E-state index contributed by atoms with van der Waals surface area (Å²) in [5.41, 5.74) is 1.20. The van der Waals surface area contributed by atoms with E-state index in [2.05, 4.69) is 36.3 Å². The van der Waals surface area contributed by atoms with Gasteiger partial charge in [0, 0.05) is 18.5 Å². The van der Waals surface area contributed by atoms with E-state index < -0.39 is 0 Å². The van der Waals surface area contributed by atoms with Crippen LogP contribution in [0, 0.1) is 0 Å². The Hall–Kier alpha value is -1.88. The number of hydrogen-bond acceptors (Lipinski definition) is 5. The van der Waals surface area contributed by atoms with Crippen molar-refractivity contribution in [3.63, 3.8) is 0 Å². The van der Waals surface area contributed by atoms with Gasteiger partial charge in [0.1, 0.15) is 5.75 Å². The van der Waals surface area contributed by atoms with E-state index in [1.165, 1.54) is 0 Å². The van der Waals surface area contributed by atoms with Crippen molar-refractivity contribution in [1.82, 2.24) is 15.5 Å². The normalized spacial score (nSPS) is 11.6. The van der Waals surface area contributed by atoms with Crippen molar-refractivity contribution < 1.29 is 9.15 Å². The molecule has 2 rings (SSSR count). The molecule has 0 radical (unpaired) electrons. The van der Waals surface area contributed by atoms with Crippen molar-refractivity contribution in [2.24, 2.45) is 0 Å². The Bertz CT molecular complexity index is 573. The standard InChI is InChI=1S/C16H23N3O2/c1-16(2,3)17-9-8-14-18-19-15(21-14)11-12-6-5-7-13(10-12)20-4/h5-7,10,17H,8-9,11H2,1-4H3. The summed E-state index contributed by atoms with van der Waals surface area (Å²) in [6.45, 7) is 7.23. The number of benzene rings is 1. The van der Waals surface area contributed by atoms with Crippen molar-refractivity contribution in [3.8, 4) is 5.75 Å². The minimum atomic E-state index is 0.101. The number of methoxy groups -OCH3 is 1. The molecule has 0 saturated heterocycles. The number of rotatable bonds is 6. The van der Waals surface area contributed by atoms with Gasteiger partial charge in [0.15, 0.2) is 0 Å². The van der Waals surface area contributed by atoms with Gasteiger partial charge in [0.25, 0.3) is 0 Å². The molecule has 5 heteroatoms. The van der Waals surface area contributed by atoms with Gasteiger partial charge in [-0.2, -0.15) is 0 Å². The molecule has 0 spiro atoms. The van der Waals surface area contributed by atoms with Gasteiger partial charge in [0.05, 0.1) is 13.5 Å². The van der Waals surface area contributed by atoms with E-state index in [4.69, 9.17) is 9.15 Å². The van der Waals surface area contributed by atoms with Crippen LogP contribution in [0.1, 0.15) is 38.1 Å². The Kier molecular flexibility index (Phi) is 4.96. The van der Waals surface area contributed by atoms with Crippen LogP contribution in [-0.2, 0) is 12.8 Å². The van der Waals surface area contributed by atoms with Gasteiger partial charge >= 0.3 is 0 Å². The van der Waals surface area contributed by atoms with Crippen molar-refractivity contribution in [2.75, 3.05) is 13.7 Å². The third-order valence-corrected chi connectivity index (χ3v) is 2.99. The second-order valence-corrected chi connectivity index (χ2v) is 6.04. The van der Waals surface area contributed by atoms with Gasteiger partial charge < -0.3 is 14.5 Å². The fourth-order valence-electron chi connectivity index (χ4n) is 1.96. The van der Waals surface area contributed by atoms with E-state index >= 15 is 0 Å². The first-order valence-electron chi connectivity index (χ1n) is 7.15. The molecule has 1 N–H and O–H groups in total. The van der Waals surface area contributed by atoms with Crippen LogP contribution in [0.15, 0.2) is 28.7 Å². The highest BCUT2D eigenvalue weighted by Crippen LogP contribution is 2.15. The molecule has 0 atom stereocenters. The van der Waals surface area contributed by atoms with Crippen LogP contribution in [0.25, 0.3) is 0 Å². The molecule has 21 heavy (non-hydrogen) atoms. The molecule has 1 aromatic heterocycles. The number of hydrogen-bond donors (Lipinski definition) is 1. The molecule has 0 fully saturated rings. The first-order chi connectivity index (χ1) is 9.96. The molecule has 0 aliphatic carbocycles. The van der Waals surface area contributed by atoms with Crippen molar-refractivity contribution in [3.05, 3.63) is 41.6 Å². The predicted octanol–water partition coefficient (Wildman–Crippen LogP) is 2.60. The topological polar surface area (TPSA) is 60.2 Å². The van der Waals surface area contributed by atoms with Crippen molar-refractivity contribution in [2.45, 2.75) is 39.2 Å². The van der Waals surface area contributed by atoms with E-state index in [1.54, 1.807) is 7.11 Å². The average Bonchev–Trinajstić information content (AvgIpc) is 2.85. The third-order valence-electron chi connectivity index (χ3n) is 2.99. The highest BCUT2D eigenvalue weighted by molar-refractivity contribution is 5.29. The summed E-state index contributed by atoms with van der Waals surface area (Å²) in [7, 11) is 1.66. The van der Waals surface area contributed by atoms with E-state index in [9.17, 15) is 0 Å². The third kappa shape index (κ3) is 5.19. The Morgan fingerprint density at radius 3 is 2.67 bits per heavy atom. The van der Waals surface area contributed by atoms with Crippen molar-refractivity contribution in [1.29, 1.82) is 0 Å². The smallest absolute Gasteiger partial charge is 0.220 e. The van der Waals surface area contributed by atoms with Gasteiger partial charge in [0.2, 0.25) is 11.8 Å². The van der Waals surface area contributed by atoms with E-state index in [0.717, 1.165) is 24.3 Å². The average molecular weight is 289 g/mol. The van der Waals surface area contributed by atoms with Crippen LogP contribution < -0.4 is 10.1 Å². The summed E-state index contributed by atoms with van der Waals surface area (Å²) >= 11 is 0. The molecule has 1 aromatic carbocycles. The second-order valence-electron chi connectivity index (χ2n) is 6.04. The van der Waals surface area contributed by atoms with Crippen molar-refractivity contribution >= 4 is 0 Å². The van der Waals surface area contributed by atoms with Crippen LogP contribution in [0.3, 0.4) is 0 Å². The highest BCUT2D eigenvalue weighted by atomic mass is 16.5. The zero-order valence-corrected chi connectivity index (χ0v) is 13.1. The molecular formula is C16H23N3O2. The molecule has 0 amide bonds. The molecule has 0 unspecified atom stereocenters. The van der Waals surface area contributed by atoms with Crippen LogP contribution in [0.4, 0.5) is 0 Å². The number of aromatic nitrogens is 2. The summed E-state index contributed by atoms with van der Waals surface area (Å²) in [4.78, 5) is 0. The summed E-state index contributed by atoms with van der Waals surface area (Å²) in [6, 6.07) is 7.87. The minimum Gasteiger partial charge on any atom is -0.497 e. The van der Waals surface area contributed by atoms with Crippen LogP contribution in [0.2, 0.25) is 0 Å². The zero-order chi connectivity index (χ0) is 15.3. The summed E-state index contributed by atoms with van der Waals surface area (Å²) in [6.07, 6.45) is 1.36. The summed E-state index contributed by atoms with van der Waals surface area (Å²) < 4.78 is 10.9. The lowest BCUT2D eigenvalue weighted by Gasteiger charge is -2.19. The molecule has 0 bridgehead atoms. The molecular weight excluding hydrogens is 266 g/mol. The van der Waals surface area contributed by atoms with Gasteiger partial charge in [-0.1, -0.05) is 12.1 Å². The number of nitrogens with zero attached hydrogens (tertiary/aromatic N) is 2. The predicted molar refractivity (Wildman–Crippen MR) is 81.6 cm³/mol. The minimum absolute atomic E-state index is 0.101. The Balaban J connectivity index is 1.90. The van der Waals surface area contributed by atoms with Crippen LogP contribution in [-0.4, -0.2) is 29.4 Å². The van der Waals surface area contributed by atoms with Crippen LogP contribution in [0.5, 0.6) is 5.75 Å². The van der Waals surface area contributed by atoms with Gasteiger partial charge in [-0.15, -0.1) is 10.2 Å². The van der Waals surface area contributed by atoms with Gasteiger partial charge in [-0.25, -0.2) is 0 Å². The summed E-state index contributed by atoms with van der Waals surface area (Å²) in [5, 5.41) is 11.6. The summed E-state index contributed by atoms with van der Waals surface area (Å²) in [5.74, 6) is 2.14. The Morgan fingerprint density at radius 2 is 1.95 bits per heavy atom. The molecule has 5 nitrogen and oxygen atoms in total. The quantitative estimate of drug-likeness (QED) is 0.885. The van der Waals surface area contributed by atoms with E-state index in [-0.39, 0.29) is 5.54 Å².